The normalized spacial score (nSPS) is 25.6. The first-order valence-electron chi connectivity index (χ1n) is 7.03. The highest BCUT2D eigenvalue weighted by atomic mass is 15.3. The van der Waals surface area contributed by atoms with Gasteiger partial charge in [0.1, 0.15) is 5.54 Å². The SMILES string of the molecule is CNC(C)(C#N)CCCCN1CCN(C)CC1C. The van der Waals surface area contributed by atoms with Gasteiger partial charge in [-0.25, -0.2) is 0 Å². The highest BCUT2D eigenvalue weighted by Crippen LogP contribution is 2.14. The Balaban J connectivity index is 2.20. The van der Waals surface area contributed by atoms with E-state index in [1.54, 1.807) is 0 Å². The van der Waals surface area contributed by atoms with E-state index in [1.165, 1.54) is 32.6 Å². The monoisotopic (exact) mass is 252 g/mol. The van der Waals surface area contributed by atoms with Crippen molar-refractivity contribution >= 4 is 0 Å². The molecule has 2 atom stereocenters. The first-order valence-corrected chi connectivity index (χ1v) is 7.03. The minimum Gasteiger partial charge on any atom is -0.304 e. The van der Waals surface area contributed by atoms with Crippen molar-refractivity contribution in [2.75, 3.05) is 40.3 Å². The Bertz CT molecular complexity index is 286. The van der Waals surface area contributed by atoms with Gasteiger partial charge in [0.15, 0.2) is 0 Å². The molecule has 1 fully saturated rings. The van der Waals surface area contributed by atoms with Gasteiger partial charge in [0.25, 0.3) is 0 Å². The number of unbranched alkanes of at least 4 members (excludes halogenated alkanes) is 1. The number of piperazine rings is 1. The Kier molecular flexibility index (Phi) is 6.07. The van der Waals surface area contributed by atoms with Gasteiger partial charge in [-0.2, -0.15) is 5.26 Å². The minimum atomic E-state index is -0.353. The molecule has 0 aromatic carbocycles. The zero-order valence-electron chi connectivity index (χ0n) is 12.4. The summed E-state index contributed by atoms with van der Waals surface area (Å²) >= 11 is 0. The van der Waals surface area contributed by atoms with E-state index in [2.05, 4.69) is 35.2 Å². The quantitative estimate of drug-likeness (QED) is 0.724. The summed E-state index contributed by atoms with van der Waals surface area (Å²) in [5, 5.41) is 12.2. The molecule has 4 heteroatoms. The smallest absolute Gasteiger partial charge is 0.103 e. The van der Waals surface area contributed by atoms with Crippen molar-refractivity contribution in [3.8, 4) is 6.07 Å². The maximum absolute atomic E-state index is 9.08. The van der Waals surface area contributed by atoms with Gasteiger partial charge >= 0.3 is 0 Å². The summed E-state index contributed by atoms with van der Waals surface area (Å²) in [6.45, 7) is 8.98. The lowest BCUT2D eigenvalue weighted by atomic mass is 9.97. The van der Waals surface area contributed by atoms with E-state index in [1.807, 2.05) is 14.0 Å². The summed E-state index contributed by atoms with van der Waals surface area (Å²) in [5.41, 5.74) is -0.353. The van der Waals surface area contributed by atoms with Crippen LogP contribution >= 0.6 is 0 Å². The summed E-state index contributed by atoms with van der Waals surface area (Å²) in [6, 6.07) is 3.01. The second-order valence-corrected chi connectivity index (χ2v) is 5.80. The van der Waals surface area contributed by atoms with Crippen LogP contribution in [0.5, 0.6) is 0 Å². The molecular weight excluding hydrogens is 224 g/mol. The molecule has 0 bridgehead atoms. The summed E-state index contributed by atoms with van der Waals surface area (Å²) in [7, 11) is 4.06. The van der Waals surface area contributed by atoms with Crippen LogP contribution in [0.15, 0.2) is 0 Å². The van der Waals surface area contributed by atoms with Crippen LogP contribution in [-0.4, -0.2) is 61.7 Å². The average molecular weight is 252 g/mol. The van der Waals surface area contributed by atoms with Crippen molar-refractivity contribution in [3.63, 3.8) is 0 Å². The predicted octanol–water partition coefficient (Wildman–Crippen LogP) is 1.29. The highest BCUT2D eigenvalue weighted by Gasteiger charge is 2.22. The van der Waals surface area contributed by atoms with Crippen molar-refractivity contribution in [1.29, 1.82) is 5.26 Å². The molecule has 0 saturated carbocycles. The van der Waals surface area contributed by atoms with Gasteiger partial charge in [-0.05, 0) is 53.8 Å². The van der Waals surface area contributed by atoms with Gasteiger partial charge in [-0.1, -0.05) is 0 Å². The lowest BCUT2D eigenvalue weighted by molar-refractivity contribution is 0.0980. The molecule has 1 heterocycles. The third-order valence-electron chi connectivity index (χ3n) is 4.14. The van der Waals surface area contributed by atoms with Crippen molar-refractivity contribution < 1.29 is 0 Å². The van der Waals surface area contributed by atoms with Crippen LogP contribution < -0.4 is 5.32 Å². The van der Waals surface area contributed by atoms with Crippen molar-refractivity contribution in [3.05, 3.63) is 0 Å². The van der Waals surface area contributed by atoms with E-state index in [4.69, 9.17) is 5.26 Å². The number of rotatable bonds is 6. The number of nitrogens with one attached hydrogen (secondary N) is 1. The molecule has 1 aliphatic heterocycles. The van der Waals surface area contributed by atoms with Gasteiger partial charge in [0.2, 0.25) is 0 Å². The Labute approximate surface area is 112 Å². The van der Waals surface area contributed by atoms with Crippen LogP contribution in [0.3, 0.4) is 0 Å². The third-order valence-corrected chi connectivity index (χ3v) is 4.14. The minimum absolute atomic E-state index is 0.353. The molecule has 0 aromatic rings. The zero-order chi connectivity index (χ0) is 13.6. The molecule has 0 amide bonds. The first kappa shape index (κ1) is 15.4. The van der Waals surface area contributed by atoms with Crippen LogP contribution in [0.2, 0.25) is 0 Å². The number of nitrogens with zero attached hydrogens (tertiary/aromatic N) is 3. The van der Waals surface area contributed by atoms with Gasteiger partial charge in [0, 0.05) is 25.7 Å². The van der Waals surface area contributed by atoms with Gasteiger partial charge in [-0.3, -0.25) is 4.90 Å². The lowest BCUT2D eigenvalue weighted by Gasteiger charge is -2.38. The molecule has 1 saturated heterocycles. The molecule has 104 valence electrons. The van der Waals surface area contributed by atoms with Crippen molar-refractivity contribution in [2.24, 2.45) is 0 Å². The van der Waals surface area contributed by atoms with Crippen LogP contribution in [0.25, 0.3) is 0 Å². The second-order valence-electron chi connectivity index (χ2n) is 5.80. The Morgan fingerprint density at radius 2 is 2.11 bits per heavy atom. The molecule has 1 N–H and O–H groups in total. The standard InChI is InChI=1S/C14H28N4/c1-13-11-17(4)9-10-18(13)8-6-5-7-14(2,12-15)16-3/h13,16H,5-11H2,1-4H3. The van der Waals surface area contributed by atoms with E-state index in [0.717, 1.165) is 12.8 Å². The molecule has 0 radical (unpaired) electrons. The molecule has 0 spiro atoms. The average Bonchev–Trinajstić information content (AvgIpc) is 2.36. The molecule has 18 heavy (non-hydrogen) atoms. The molecule has 0 aromatic heterocycles. The number of hydrogen-bond donors (Lipinski definition) is 1. The van der Waals surface area contributed by atoms with Crippen molar-refractivity contribution in [1.82, 2.24) is 15.1 Å². The highest BCUT2D eigenvalue weighted by molar-refractivity contribution is 5.02. The number of hydrogen-bond acceptors (Lipinski definition) is 4. The Morgan fingerprint density at radius 1 is 1.39 bits per heavy atom. The number of nitriles is 1. The molecule has 1 aliphatic rings. The predicted molar refractivity (Wildman–Crippen MR) is 75.5 cm³/mol. The molecule has 2 unspecified atom stereocenters. The zero-order valence-corrected chi connectivity index (χ0v) is 12.4. The molecular formula is C14H28N4. The fraction of sp³-hybridized carbons (Fsp3) is 0.929. The summed E-state index contributed by atoms with van der Waals surface area (Å²) in [4.78, 5) is 4.97. The number of likely N-dealkylation sites (N-methyl/N-ethyl adjacent to an activating group) is 1. The lowest BCUT2D eigenvalue weighted by Crippen LogP contribution is -2.50. The fourth-order valence-electron chi connectivity index (χ4n) is 2.54. The summed E-state index contributed by atoms with van der Waals surface area (Å²) < 4.78 is 0. The van der Waals surface area contributed by atoms with E-state index < -0.39 is 0 Å². The van der Waals surface area contributed by atoms with E-state index in [0.29, 0.717) is 6.04 Å². The van der Waals surface area contributed by atoms with Gasteiger partial charge < -0.3 is 10.2 Å². The molecule has 0 aliphatic carbocycles. The Hall–Kier alpha value is -0.630. The van der Waals surface area contributed by atoms with Gasteiger partial charge in [0.05, 0.1) is 6.07 Å². The van der Waals surface area contributed by atoms with Crippen LogP contribution in [-0.2, 0) is 0 Å². The van der Waals surface area contributed by atoms with Gasteiger partial charge in [-0.15, -0.1) is 0 Å². The summed E-state index contributed by atoms with van der Waals surface area (Å²) in [6.07, 6.45) is 3.24. The molecule has 1 rings (SSSR count). The first-order chi connectivity index (χ1) is 8.50. The van der Waals surface area contributed by atoms with Crippen LogP contribution in [0.4, 0.5) is 0 Å². The molecule has 4 nitrogen and oxygen atoms in total. The topological polar surface area (TPSA) is 42.3 Å². The van der Waals surface area contributed by atoms with Crippen LogP contribution in [0, 0.1) is 11.3 Å². The van der Waals surface area contributed by atoms with E-state index in [9.17, 15) is 0 Å². The second kappa shape index (κ2) is 7.08. The Morgan fingerprint density at radius 3 is 2.67 bits per heavy atom. The van der Waals surface area contributed by atoms with Crippen LogP contribution in [0.1, 0.15) is 33.1 Å². The third kappa shape index (κ3) is 4.56. The van der Waals surface area contributed by atoms with E-state index >= 15 is 0 Å². The summed E-state index contributed by atoms with van der Waals surface area (Å²) in [5.74, 6) is 0. The van der Waals surface area contributed by atoms with E-state index in [-0.39, 0.29) is 5.54 Å². The fourth-order valence-corrected chi connectivity index (χ4v) is 2.54. The maximum Gasteiger partial charge on any atom is 0.103 e. The maximum atomic E-state index is 9.08. The largest absolute Gasteiger partial charge is 0.304 e. The van der Waals surface area contributed by atoms with Crippen molar-refractivity contribution in [2.45, 2.75) is 44.7 Å².